The molecule has 0 bridgehead atoms. The van der Waals surface area contributed by atoms with Crippen LogP contribution in [0.2, 0.25) is 0 Å². The van der Waals surface area contributed by atoms with Crippen LogP contribution in [0.5, 0.6) is 0 Å². The third-order valence-electron chi connectivity index (χ3n) is 3.18. The van der Waals surface area contributed by atoms with Crippen LogP contribution in [0.25, 0.3) is 22.5 Å². The van der Waals surface area contributed by atoms with Gasteiger partial charge < -0.3 is 11.5 Å². The number of thioether (sulfide) groups is 1. The van der Waals surface area contributed by atoms with E-state index in [1.807, 2.05) is 18.2 Å². The SMILES string of the molecule is NCCSc1ccc(-c2ccnc(N)c2)c(-c2nn[nH]n2)c1S. The van der Waals surface area contributed by atoms with Crippen LogP contribution in [-0.4, -0.2) is 37.9 Å². The second-order valence-corrected chi connectivity index (χ2v) is 6.26. The number of nitrogens with zero attached hydrogens (tertiary/aromatic N) is 4. The zero-order valence-electron chi connectivity index (χ0n) is 12.1. The Hall–Kier alpha value is -2.10. The summed E-state index contributed by atoms with van der Waals surface area (Å²) in [7, 11) is 0. The molecule has 0 saturated heterocycles. The summed E-state index contributed by atoms with van der Waals surface area (Å²) in [5.41, 5.74) is 14.0. The van der Waals surface area contributed by atoms with Crippen LogP contribution >= 0.6 is 24.4 Å². The number of nitrogens with two attached hydrogens (primary N) is 2. The number of hydrogen-bond acceptors (Lipinski definition) is 8. The van der Waals surface area contributed by atoms with Crippen LogP contribution in [0.3, 0.4) is 0 Å². The summed E-state index contributed by atoms with van der Waals surface area (Å²) in [5.74, 6) is 1.74. The maximum absolute atomic E-state index is 5.80. The van der Waals surface area contributed by atoms with Gasteiger partial charge in [0.25, 0.3) is 0 Å². The standard InChI is InChI=1S/C14H15N7S2/c15-4-6-23-10-2-1-9(8-3-5-17-11(16)7-8)12(13(10)22)14-18-20-21-19-14/h1-3,5,7,22H,4,6,15H2,(H2,16,17)(H,18,19,20,21). The van der Waals surface area contributed by atoms with Crippen LogP contribution < -0.4 is 11.5 Å². The zero-order valence-corrected chi connectivity index (χ0v) is 13.8. The van der Waals surface area contributed by atoms with Crippen molar-refractivity contribution in [2.45, 2.75) is 9.79 Å². The van der Waals surface area contributed by atoms with Gasteiger partial charge in [0.05, 0.1) is 0 Å². The number of pyridine rings is 1. The van der Waals surface area contributed by atoms with Gasteiger partial charge >= 0.3 is 0 Å². The molecule has 0 aliphatic rings. The molecule has 1 aromatic carbocycles. The predicted molar refractivity (Wildman–Crippen MR) is 94.3 cm³/mol. The predicted octanol–water partition coefficient (Wildman–Crippen LogP) is 1.85. The number of aromatic nitrogens is 5. The van der Waals surface area contributed by atoms with Gasteiger partial charge in [-0.05, 0) is 34.5 Å². The van der Waals surface area contributed by atoms with E-state index < -0.39 is 0 Å². The van der Waals surface area contributed by atoms with E-state index >= 15 is 0 Å². The molecular weight excluding hydrogens is 330 g/mol. The van der Waals surface area contributed by atoms with E-state index in [-0.39, 0.29) is 0 Å². The van der Waals surface area contributed by atoms with Crippen molar-refractivity contribution in [3.05, 3.63) is 30.5 Å². The highest BCUT2D eigenvalue weighted by atomic mass is 32.2. The number of aromatic amines is 1. The Balaban J connectivity index is 2.18. The van der Waals surface area contributed by atoms with Crippen LogP contribution in [0.4, 0.5) is 5.82 Å². The first-order chi connectivity index (χ1) is 11.2. The van der Waals surface area contributed by atoms with Gasteiger partial charge in [0.2, 0.25) is 5.82 Å². The Labute approximate surface area is 142 Å². The molecule has 0 spiro atoms. The van der Waals surface area contributed by atoms with Crippen molar-refractivity contribution >= 4 is 30.2 Å². The van der Waals surface area contributed by atoms with Gasteiger partial charge in [-0.3, -0.25) is 0 Å². The molecule has 7 nitrogen and oxygen atoms in total. The molecule has 3 rings (SSSR count). The molecule has 0 saturated carbocycles. The molecule has 0 radical (unpaired) electrons. The largest absolute Gasteiger partial charge is 0.384 e. The molecule has 23 heavy (non-hydrogen) atoms. The minimum atomic E-state index is 0.448. The molecule has 118 valence electrons. The van der Waals surface area contributed by atoms with Crippen LogP contribution in [0, 0.1) is 0 Å². The maximum atomic E-state index is 5.80. The van der Waals surface area contributed by atoms with E-state index in [4.69, 9.17) is 11.5 Å². The van der Waals surface area contributed by atoms with Crippen LogP contribution in [0.1, 0.15) is 0 Å². The highest BCUT2D eigenvalue weighted by Crippen LogP contribution is 2.40. The van der Waals surface area contributed by atoms with E-state index in [1.54, 1.807) is 24.0 Å². The summed E-state index contributed by atoms with van der Waals surface area (Å²) in [6.45, 7) is 0.595. The van der Waals surface area contributed by atoms with Gasteiger partial charge in [-0.25, -0.2) is 4.98 Å². The highest BCUT2D eigenvalue weighted by Gasteiger charge is 2.18. The smallest absolute Gasteiger partial charge is 0.206 e. The number of nitrogens with one attached hydrogen (secondary N) is 1. The number of tetrazole rings is 1. The van der Waals surface area contributed by atoms with Crippen LogP contribution in [0.15, 0.2) is 40.3 Å². The van der Waals surface area contributed by atoms with Gasteiger partial charge in [0.1, 0.15) is 5.82 Å². The third kappa shape index (κ3) is 3.31. The molecule has 0 amide bonds. The second kappa shape index (κ2) is 6.99. The molecule has 0 atom stereocenters. The maximum Gasteiger partial charge on any atom is 0.206 e. The number of anilines is 1. The van der Waals surface area contributed by atoms with Gasteiger partial charge in [-0.15, -0.1) is 34.6 Å². The van der Waals surface area contributed by atoms with E-state index in [1.165, 1.54) is 0 Å². The molecule has 9 heteroatoms. The molecular formula is C14H15N7S2. The van der Waals surface area contributed by atoms with E-state index in [2.05, 4.69) is 38.2 Å². The molecule has 2 aromatic heterocycles. The Morgan fingerprint density at radius 2 is 2.13 bits per heavy atom. The van der Waals surface area contributed by atoms with Crippen molar-refractivity contribution in [3.8, 4) is 22.5 Å². The molecule has 0 aliphatic carbocycles. The number of rotatable bonds is 5. The Morgan fingerprint density at radius 1 is 1.26 bits per heavy atom. The summed E-state index contributed by atoms with van der Waals surface area (Å²) >= 11 is 6.33. The van der Waals surface area contributed by atoms with Crippen molar-refractivity contribution in [2.75, 3.05) is 18.0 Å². The lowest BCUT2D eigenvalue weighted by atomic mass is 10.00. The quantitative estimate of drug-likeness (QED) is 0.411. The summed E-state index contributed by atoms with van der Waals surface area (Å²) < 4.78 is 0. The molecule has 3 aromatic rings. The number of nitrogen functional groups attached to an aromatic ring is 1. The molecule has 0 unspecified atom stereocenters. The normalized spacial score (nSPS) is 10.9. The lowest BCUT2D eigenvalue weighted by Crippen LogP contribution is -2.01. The van der Waals surface area contributed by atoms with Crippen molar-refractivity contribution in [3.63, 3.8) is 0 Å². The summed E-state index contributed by atoms with van der Waals surface area (Å²) in [6.07, 6.45) is 1.67. The van der Waals surface area contributed by atoms with Crippen LogP contribution in [-0.2, 0) is 0 Å². The van der Waals surface area contributed by atoms with Crippen molar-refractivity contribution in [1.29, 1.82) is 0 Å². The van der Waals surface area contributed by atoms with Crippen molar-refractivity contribution in [1.82, 2.24) is 25.6 Å². The fourth-order valence-electron chi connectivity index (χ4n) is 2.21. The fraction of sp³-hybridized carbons (Fsp3) is 0.143. The monoisotopic (exact) mass is 345 g/mol. The number of thiol groups is 1. The Bertz CT molecular complexity index is 805. The zero-order chi connectivity index (χ0) is 16.2. The summed E-state index contributed by atoms with van der Waals surface area (Å²) in [6, 6.07) is 7.70. The lowest BCUT2D eigenvalue weighted by Gasteiger charge is -2.13. The second-order valence-electron chi connectivity index (χ2n) is 4.68. The fourth-order valence-corrected chi connectivity index (χ4v) is 3.44. The topological polar surface area (TPSA) is 119 Å². The van der Waals surface area contributed by atoms with E-state index in [0.717, 1.165) is 32.2 Å². The summed E-state index contributed by atoms with van der Waals surface area (Å²) in [5, 5.41) is 14.3. The van der Waals surface area contributed by atoms with Gasteiger partial charge in [0.15, 0.2) is 0 Å². The van der Waals surface area contributed by atoms with E-state index in [9.17, 15) is 0 Å². The number of hydrogen-bond donors (Lipinski definition) is 4. The first-order valence-electron chi connectivity index (χ1n) is 6.85. The van der Waals surface area contributed by atoms with Gasteiger partial charge in [-0.2, -0.15) is 5.21 Å². The molecule has 5 N–H and O–H groups in total. The number of H-pyrrole nitrogens is 1. The molecule has 0 aliphatic heterocycles. The summed E-state index contributed by atoms with van der Waals surface area (Å²) in [4.78, 5) is 5.84. The van der Waals surface area contributed by atoms with Gasteiger partial charge in [0, 0.05) is 33.8 Å². The Kier molecular flexibility index (Phi) is 4.79. The van der Waals surface area contributed by atoms with Crippen molar-refractivity contribution < 1.29 is 0 Å². The molecule has 2 heterocycles. The minimum Gasteiger partial charge on any atom is -0.384 e. The highest BCUT2D eigenvalue weighted by molar-refractivity contribution is 7.99. The average Bonchev–Trinajstić information content (AvgIpc) is 3.07. The molecule has 0 fully saturated rings. The lowest BCUT2D eigenvalue weighted by molar-refractivity contribution is 0.881. The number of benzene rings is 1. The minimum absolute atomic E-state index is 0.448. The van der Waals surface area contributed by atoms with E-state index in [0.29, 0.717) is 18.2 Å². The first-order valence-corrected chi connectivity index (χ1v) is 8.28. The Morgan fingerprint density at radius 3 is 2.83 bits per heavy atom. The van der Waals surface area contributed by atoms with Gasteiger partial charge in [-0.1, -0.05) is 6.07 Å². The van der Waals surface area contributed by atoms with Crippen molar-refractivity contribution in [2.24, 2.45) is 5.73 Å². The average molecular weight is 345 g/mol. The third-order valence-corrected chi connectivity index (χ3v) is 4.88. The first kappa shape index (κ1) is 15.8.